The molecule has 1 aromatic heterocycles. The average molecular weight is 411 g/mol. The summed E-state index contributed by atoms with van der Waals surface area (Å²) in [6.45, 7) is 0. The average Bonchev–Trinajstić information content (AvgIpc) is 2.72. The number of rotatable bonds is 7. The fourth-order valence-electron chi connectivity index (χ4n) is 2.69. The quantitative estimate of drug-likeness (QED) is 0.302. The first-order valence-electron chi connectivity index (χ1n) is 8.74. The Labute approximate surface area is 169 Å². The van der Waals surface area contributed by atoms with Crippen LogP contribution >= 0.6 is 0 Å². The lowest BCUT2D eigenvalue weighted by atomic mass is 10.2. The predicted molar refractivity (Wildman–Crippen MR) is 108 cm³/mol. The molecule has 0 aliphatic rings. The number of amides is 1. The van der Waals surface area contributed by atoms with Gasteiger partial charge in [-0.1, -0.05) is 12.1 Å². The number of methoxy groups -OCH3 is 1. The van der Waals surface area contributed by atoms with E-state index in [2.05, 4.69) is 20.5 Å². The van der Waals surface area contributed by atoms with E-state index in [1.54, 1.807) is 24.3 Å². The zero-order valence-electron chi connectivity index (χ0n) is 15.8. The number of benzene rings is 2. The van der Waals surface area contributed by atoms with Crippen LogP contribution in [0.5, 0.6) is 11.5 Å². The minimum Gasteiger partial charge on any atom is -0.500 e. The molecule has 0 radical (unpaired) electrons. The fraction of sp³-hybridized carbons (Fsp3) is 0.158. The number of nitro benzene ring substituents is 1. The summed E-state index contributed by atoms with van der Waals surface area (Å²) in [6.07, 6.45) is 1.25. The Kier molecular flexibility index (Phi) is 6.01. The molecule has 2 aromatic carbocycles. The van der Waals surface area contributed by atoms with E-state index >= 15 is 0 Å². The minimum atomic E-state index is -0.762. The molecule has 0 spiro atoms. The molecule has 0 saturated heterocycles. The zero-order chi connectivity index (χ0) is 21.7. The molecular formula is C19H17N5O6. The summed E-state index contributed by atoms with van der Waals surface area (Å²) >= 11 is 0. The van der Waals surface area contributed by atoms with Crippen molar-refractivity contribution in [3.8, 4) is 11.5 Å². The van der Waals surface area contributed by atoms with Crippen molar-refractivity contribution in [3.63, 3.8) is 0 Å². The molecule has 11 nitrogen and oxygen atoms in total. The van der Waals surface area contributed by atoms with E-state index in [9.17, 15) is 24.8 Å². The molecule has 0 aliphatic carbocycles. The molecule has 1 amide bonds. The van der Waals surface area contributed by atoms with E-state index in [1.165, 1.54) is 19.4 Å². The fourth-order valence-corrected chi connectivity index (χ4v) is 2.69. The number of aromatic amines is 1. The maximum absolute atomic E-state index is 12.1. The monoisotopic (exact) mass is 411 g/mol. The Balaban J connectivity index is 1.64. The van der Waals surface area contributed by atoms with Crippen molar-refractivity contribution < 1.29 is 19.6 Å². The lowest BCUT2D eigenvalue weighted by molar-refractivity contribution is -0.386. The first-order chi connectivity index (χ1) is 14.4. The van der Waals surface area contributed by atoms with E-state index in [-0.39, 0.29) is 35.4 Å². The summed E-state index contributed by atoms with van der Waals surface area (Å²) in [5, 5.41) is 24.5. The van der Waals surface area contributed by atoms with E-state index < -0.39 is 22.3 Å². The number of nitrogens with one attached hydrogen (secondary N) is 2. The molecule has 0 bridgehead atoms. The van der Waals surface area contributed by atoms with Crippen LogP contribution in [0.2, 0.25) is 0 Å². The van der Waals surface area contributed by atoms with Gasteiger partial charge >= 0.3 is 5.69 Å². The molecule has 0 aliphatic heterocycles. The number of aromatic hydroxyl groups is 1. The highest BCUT2D eigenvalue weighted by molar-refractivity contribution is 5.85. The Morgan fingerprint density at radius 2 is 2.17 bits per heavy atom. The SMILES string of the molecule is COc1cc(/C=N\NC(=O)CCc2nc3ccccc3[nH]c2=O)cc([N+](=O)[O-])c1O. The number of aromatic nitrogens is 2. The van der Waals surface area contributed by atoms with E-state index in [0.717, 1.165) is 6.07 Å². The van der Waals surface area contributed by atoms with Gasteiger partial charge in [0, 0.05) is 24.5 Å². The third-order valence-corrected chi connectivity index (χ3v) is 4.16. The van der Waals surface area contributed by atoms with Gasteiger partial charge in [0.1, 0.15) is 5.69 Å². The van der Waals surface area contributed by atoms with Crippen molar-refractivity contribution in [1.82, 2.24) is 15.4 Å². The first kappa shape index (κ1) is 20.5. The van der Waals surface area contributed by atoms with Crippen molar-refractivity contribution >= 4 is 28.8 Å². The van der Waals surface area contributed by atoms with Crippen LogP contribution in [0.3, 0.4) is 0 Å². The number of hydrogen-bond donors (Lipinski definition) is 3. The number of fused-ring (bicyclic) bond motifs is 1. The van der Waals surface area contributed by atoms with Gasteiger partial charge in [0.25, 0.3) is 5.56 Å². The number of nitrogens with zero attached hydrogens (tertiary/aromatic N) is 3. The number of para-hydroxylation sites is 2. The van der Waals surface area contributed by atoms with Crippen LogP contribution in [0, 0.1) is 10.1 Å². The summed E-state index contributed by atoms with van der Waals surface area (Å²) in [4.78, 5) is 41.3. The van der Waals surface area contributed by atoms with Crippen molar-refractivity contribution in [2.24, 2.45) is 5.10 Å². The molecular weight excluding hydrogens is 394 g/mol. The van der Waals surface area contributed by atoms with E-state index in [0.29, 0.717) is 11.0 Å². The molecule has 0 atom stereocenters. The lowest BCUT2D eigenvalue weighted by Gasteiger charge is -2.05. The van der Waals surface area contributed by atoms with Crippen molar-refractivity contribution in [2.45, 2.75) is 12.8 Å². The predicted octanol–water partition coefficient (Wildman–Crippen LogP) is 1.63. The van der Waals surface area contributed by atoms with Crippen LogP contribution in [0.25, 0.3) is 11.0 Å². The number of phenolic OH excluding ortho intramolecular Hbond substituents is 1. The number of hydrogen-bond acceptors (Lipinski definition) is 8. The highest BCUT2D eigenvalue weighted by Gasteiger charge is 2.19. The van der Waals surface area contributed by atoms with Crippen molar-refractivity contribution in [2.75, 3.05) is 7.11 Å². The van der Waals surface area contributed by atoms with Gasteiger partial charge in [-0.25, -0.2) is 10.4 Å². The number of aryl methyl sites for hydroxylation is 1. The normalized spacial score (nSPS) is 11.0. The smallest absolute Gasteiger partial charge is 0.315 e. The van der Waals surface area contributed by atoms with Gasteiger partial charge < -0.3 is 14.8 Å². The second-order valence-corrected chi connectivity index (χ2v) is 6.17. The summed E-state index contributed by atoms with van der Waals surface area (Å²) in [5.41, 5.74) is 3.05. The van der Waals surface area contributed by atoms with Gasteiger partial charge in [-0.2, -0.15) is 5.10 Å². The van der Waals surface area contributed by atoms with Gasteiger partial charge in [0.2, 0.25) is 11.7 Å². The maximum Gasteiger partial charge on any atom is 0.315 e. The summed E-state index contributed by atoms with van der Waals surface area (Å²) in [6, 6.07) is 9.48. The van der Waals surface area contributed by atoms with Crippen LogP contribution in [-0.4, -0.2) is 39.2 Å². The number of phenols is 1. The van der Waals surface area contributed by atoms with Crippen LogP contribution in [-0.2, 0) is 11.2 Å². The van der Waals surface area contributed by atoms with Crippen LogP contribution in [0.4, 0.5) is 5.69 Å². The molecule has 1 heterocycles. The summed E-state index contributed by atoms with van der Waals surface area (Å²) < 4.78 is 4.89. The number of H-pyrrole nitrogens is 1. The number of carbonyl (C=O) groups is 1. The molecule has 3 rings (SSSR count). The van der Waals surface area contributed by atoms with E-state index in [4.69, 9.17) is 4.74 Å². The minimum absolute atomic E-state index is 0.0369. The largest absolute Gasteiger partial charge is 0.500 e. The van der Waals surface area contributed by atoms with Gasteiger partial charge in [-0.3, -0.25) is 19.7 Å². The van der Waals surface area contributed by atoms with E-state index in [1.807, 2.05) is 0 Å². The molecule has 154 valence electrons. The molecule has 3 N–H and O–H groups in total. The molecule has 0 saturated carbocycles. The Hall–Kier alpha value is -4.28. The molecule has 0 unspecified atom stereocenters. The number of carbonyl (C=O) groups excluding carboxylic acids is 1. The first-order valence-corrected chi connectivity index (χ1v) is 8.74. The zero-order valence-corrected chi connectivity index (χ0v) is 15.8. The second-order valence-electron chi connectivity index (χ2n) is 6.17. The lowest BCUT2D eigenvalue weighted by Crippen LogP contribution is -2.21. The maximum atomic E-state index is 12.1. The van der Waals surface area contributed by atoms with Gasteiger partial charge in [-0.05, 0) is 18.2 Å². The number of ether oxygens (including phenoxy) is 1. The summed E-state index contributed by atoms with van der Waals surface area (Å²) in [7, 11) is 1.25. The van der Waals surface area contributed by atoms with Crippen molar-refractivity contribution in [1.29, 1.82) is 0 Å². The molecule has 3 aromatic rings. The Morgan fingerprint density at radius 3 is 2.90 bits per heavy atom. The van der Waals surface area contributed by atoms with Crippen LogP contribution in [0.1, 0.15) is 17.7 Å². The summed E-state index contributed by atoms with van der Waals surface area (Å²) in [5.74, 6) is -1.17. The Bertz CT molecular complexity index is 1200. The van der Waals surface area contributed by atoms with Gasteiger partial charge in [0.15, 0.2) is 5.75 Å². The third-order valence-electron chi connectivity index (χ3n) is 4.16. The van der Waals surface area contributed by atoms with Gasteiger partial charge in [0.05, 0.1) is 29.3 Å². The number of hydrazone groups is 1. The standard InChI is InChI=1S/C19H17N5O6/c1-30-16-9-11(8-15(18(16)26)24(28)29)10-20-23-17(25)7-6-14-19(27)22-13-5-3-2-4-12(13)21-14/h2-5,8-10,26H,6-7H2,1H3,(H,22,27)(H,23,25)/b20-10-. The van der Waals surface area contributed by atoms with Crippen molar-refractivity contribution in [3.05, 3.63) is 68.1 Å². The highest BCUT2D eigenvalue weighted by Crippen LogP contribution is 2.36. The molecule has 0 fully saturated rings. The molecule has 11 heteroatoms. The van der Waals surface area contributed by atoms with Crippen LogP contribution < -0.4 is 15.7 Å². The topological polar surface area (TPSA) is 160 Å². The number of nitro groups is 1. The highest BCUT2D eigenvalue weighted by atomic mass is 16.6. The van der Waals surface area contributed by atoms with Gasteiger partial charge in [-0.15, -0.1) is 0 Å². The molecule has 30 heavy (non-hydrogen) atoms. The Morgan fingerprint density at radius 1 is 1.40 bits per heavy atom. The van der Waals surface area contributed by atoms with Crippen LogP contribution in [0.15, 0.2) is 46.3 Å². The third kappa shape index (κ3) is 4.58. The second kappa shape index (κ2) is 8.82.